The summed E-state index contributed by atoms with van der Waals surface area (Å²) in [6.07, 6.45) is -0.418. The number of carbonyl (C=O) groups excluding carboxylic acids is 2. The van der Waals surface area contributed by atoms with Crippen LogP contribution < -0.4 is 5.32 Å². The lowest BCUT2D eigenvalue weighted by Crippen LogP contribution is -2.13. The highest BCUT2D eigenvalue weighted by molar-refractivity contribution is 6.06. The Balaban J connectivity index is 1.80. The van der Waals surface area contributed by atoms with Crippen molar-refractivity contribution in [3.8, 4) is 0 Å². The Morgan fingerprint density at radius 2 is 1.72 bits per heavy atom. The van der Waals surface area contributed by atoms with Gasteiger partial charge in [0.2, 0.25) is 0 Å². The fourth-order valence-corrected chi connectivity index (χ4v) is 2.70. The number of benzene rings is 1. The van der Waals surface area contributed by atoms with Crippen LogP contribution in [0.25, 0.3) is 17.1 Å². The molecular formula is C21H16F3N3O2. The molecular weight excluding hydrogens is 383 g/mol. The quantitative estimate of drug-likeness (QED) is 0.629. The van der Waals surface area contributed by atoms with Crippen LogP contribution >= 0.6 is 0 Å². The summed E-state index contributed by atoms with van der Waals surface area (Å²) in [6, 6.07) is 7.65. The maximum atomic E-state index is 12.5. The lowest BCUT2D eigenvalue weighted by Gasteiger charge is -2.09. The van der Waals surface area contributed by atoms with E-state index in [4.69, 9.17) is 0 Å². The van der Waals surface area contributed by atoms with Crippen molar-refractivity contribution in [2.24, 2.45) is 0 Å². The van der Waals surface area contributed by atoms with Gasteiger partial charge in [-0.15, -0.1) is 0 Å². The monoisotopic (exact) mass is 399 g/mol. The van der Waals surface area contributed by atoms with Crippen LogP contribution in [0.15, 0.2) is 48.8 Å². The molecule has 0 spiro atoms. The molecule has 2 aromatic heterocycles. The second-order valence-corrected chi connectivity index (χ2v) is 6.45. The zero-order valence-corrected chi connectivity index (χ0v) is 15.5. The number of aromatic nitrogens is 2. The smallest absolute Gasteiger partial charge is 0.321 e. The summed E-state index contributed by atoms with van der Waals surface area (Å²) >= 11 is 0. The number of anilines is 1. The van der Waals surface area contributed by atoms with Crippen molar-refractivity contribution in [1.82, 2.24) is 9.97 Å². The zero-order valence-electron chi connectivity index (χ0n) is 15.5. The second kappa shape index (κ2) is 7.83. The van der Waals surface area contributed by atoms with Gasteiger partial charge in [0, 0.05) is 23.4 Å². The Kier molecular flexibility index (Phi) is 5.45. The van der Waals surface area contributed by atoms with Crippen molar-refractivity contribution in [1.29, 1.82) is 0 Å². The molecule has 148 valence electrons. The van der Waals surface area contributed by atoms with Gasteiger partial charge < -0.3 is 5.32 Å². The average molecular weight is 399 g/mol. The number of rotatable bonds is 4. The number of ketones is 1. The summed E-state index contributed by atoms with van der Waals surface area (Å²) in [6.45, 7) is 3.08. The number of Topliss-reactive ketones (excluding diaryl/α,β-unsaturated/α-hetero) is 1. The number of pyridine rings is 2. The Labute approximate surface area is 164 Å². The summed E-state index contributed by atoms with van der Waals surface area (Å²) in [4.78, 5) is 32.3. The van der Waals surface area contributed by atoms with E-state index in [1.54, 1.807) is 19.1 Å². The molecule has 1 amide bonds. The molecule has 0 aliphatic rings. The Morgan fingerprint density at radius 3 is 2.38 bits per heavy atom. The first-order valence-corrected chi connectivity index (χ1v) is 8.57. The molecule has 1 N–H and O–H groups in total. The molecule has 0 radical (unpaired) electrons. The largest absolute Gasteiger partial charge is 0.409 e. The van der Waals surface area contributed by atoms with Crippen molar-refractivity contribution < 1.29 is 22.8 Å². The van der Waals surface area contributed by atoms with Crippen molar-refractivity contribution in [3.05, 3.63) is 71.1 Å². The number of halogens is 3. The maximum absolute atomic E-state index is 12.5. The SMILES string of the molecule is CC(=O)c1cnc2cc(NC(=O)c3ccc(/C=C/C(F)(F)F)cc3C)cnc2c1. The maximum Gasteiger partial charge on any atom is 0.409 e. The molecule has 29 heavy (non-hydrogen) atoms. The third-order valence-corrected chi connectivity index (χ3v) is 4.16. The first-order valence-electron chi connectivity index (χ1n) is 8.57. The minimum Gasteiger partial charge on any atom is -0.321 e. The standard InChI is InChI=1S/C21H16F3N3O2/c1-12-7-14(5-6-21(22,23)24)3-4-17(12)20(29)27-16-9-19-18(26-11-16)8-15(10-25-19)13(2)28/h3-11H,1-2H3,(H,27,29)/b6-5+. The number of hydrogen-bond acceptors (Lipinski definition) is 4. The van der Waals surface area contributed by atoms with Gasteiger partial charge in [-0.2, -0.15) is 13.2 Å². The molecule has 8 heteroatoms. The molecule has 0 aliphatic carbocycles. The van der Waals surface area contributed by atoms with Gasteiger partial charge >= 0.3 is 6.18 Å². The zero-order chi connectivity index (χ0) is 21.2. The summed E-state index contributed by atoms with van der Waals surface area (Å²) in [7, 11) is 0. The molecule has 0 bridgehead atoms. The minimum atomic E-state index is -4.40. The molecule has 0 aliphatic heterocycles. The van der Waals surface area contributed by atoms with E-state index in [2.05, 4.69) is 15.3 Å². The van der Waals surface area contributed by atoms with Crippen LogP contribution in [0.4, 0.5) is 18.9 Å². The Bertz CT molecular complexity index is 1140. The van der Waals surface area contributed by atoms with Crippen LogP contribution in [0.3, 0.4) is 0 Å². The average Bonchev–Trinajstić information content (AvgIpc) is 2.65. The topological polar surface area (TPSA) is 72.0 Å². The first-order chi connectivity index (χ1) is 13.6. The molecule has 0 unspecified atom stereocenters. The Hall–Kier alpha value is -3.55. The fourth-order valence-electron chi connectivity index (χ4n) is 2.70. The molecule has 3 aromatic rings. The van der Waals surface area contributed by atoms with E-state index in [1.807, 2.05) is 0 Å². The van der Waals surface area contributed by atoms with Crippen LogP contribution in [0.2, 0.25) is 0 Å². The molecule has 2 heterocycles. The van der Waals surface area contributed by atoms with E-state index >= 15 is 0 Å². The number of nitrogens with zero attached hydrogens (tertiary/aromatic N) is 2. The summed E-state index contributed by atoms with van der Waals surface area (Å²) in [5.74, 6) is -0.544. The highest BCUT2D eigenvalue weighted by Crippen LogP contribution is 2.21. The third-order valence-electron chi connectivity index (χ3n) is 4.16. The number of carbonyl (C=O) groups is 2. The van der Waals surface area contributed by atoms with Crippen LogP contribution in [0, 0.1) is 6.92 Å². The third kappa shape index (κ3) is 5.04. The van der Waals surface area contributed by atoms with Gasteiger partial charge in [-0.3, -0.25) is 19.6 Å². The number of aryl methyl sites for hydroxylation is 1. The first kappa shape index (κ1) is 20.2. The number of fused-ring (bicyclic) bond motifs is 1. The van der Waals surface area contributed by atoms with E-state index in [0.717, 1.165) is 6.08 Å². The van der Waals surface area contributed by atoms with Gasteiger partial charge in [0.25, 0.3) is 5.91 Å². The highest BCUT2D eigenvalue weighted by atomic mass is 19.4. The molecule has 3 rings (SSSR count). The van der Waals surface area contributed by atoms with Gasteiger partial charge in [-0.05, 0) is 43.2 Å². The molecule has 1 aromatic carbocycles. The van der Waals surface area contributed by atoms with E-state index in [-0.39, 0.29) is 11.9 Å². The highest BCUT2D eigenvalue weighted by Gasteiger charge is 2.21. The van der Waals surface area contributed by atoms with Crippen LogP contribution in [-0.4, -0.2) is 27.8 Å². The predicted octanol–water partition coefficient (Wildman–Crippen LogP) is 4.97. The van der Waals surface area contributed by atoms with Crippen LogP contribution in [0.5, 0.6) is 0 Å². The summed E-state index contributed by atoms with van der Waals surface area (Å²) < 4.78 is 36.9. The van der Waals surface area contributed by atoms with E-state index < -0.39 is 12.1 Å². The molecule has 0 fully saturated rings. The van der Waals surface area contributed by atoms with Gasteiger partial charge in [0.15, 0.2) is 5.78 Å². The molecule has 0 saturated carbocycles. The van der Waals surface area contributed by atoms with Crippen LogP contribution in [0.1, 0.15) is 38.8 Å². The minimum absolute atomic E-state index is 0.123. The van der Waals surface area contributed by atoms with Crippen molar-refractivity contribution >= 4 is 34.5 Å². The summed E-state index contributed by atoms with van der Waals surface area (Å²) in [5, 5.41) is 2.70. The lowest BCUT2D eigenvalue weighted by atomic mass is 10.0. The molecule has 0 saturated heterocycles. The van der Waals surface area contributed by atoms with E-state index in [9.17, 15) is 22.8 Å². The van der Waals surface area contributed by atoms with Crippen LogP contribution in [-0.2, 0) is 0 Å². The van der Waals surface area contributed by atoms with Gasteiger partial charge in [0.1, 0.15) is 0 Å². The number of nitrogens with one attached hydrogen (secondary N) is 1. The second-order valence-electron chi connectivity index (χ2n) is 6.45. The number of hydrogen-bond donors (Lipinski definition) is 1. The predicted molar refractivity (Wildman–Crippen MR) is 104 cm³/mol. The molecule has 0 atom stereocenters. The number of amides is 1. The van der Waals surface area contributed by atoms with Crippen molar-refractivity contribution in [2.45, 2.75) is 20.0 Å². The van der Waals surface area contributed by atoms with E-state index in [0.29, 0.717) is 39.0 Å². The number of alkyl halides is 3. The number of allylic oxidation sites excluding steroid dienone is 1. The lowest BCUT2D eigenvalue weighted by molar-refractivity contribution is -0.0790. The van der Waals surface area contributed by atoms with Gasteiger partial charge in [-0.25, -0.2) is 0 Å². The van der Waals surface area contributed by atoms with E-state index in [1.165, 1.54) is 37.5 Å². The van der Waals surface area contributed by atoms with Gasteiger partial charge in [0.05, 0.1) is 22.9 Å². The Morgan fingerprint density at radius 1 is 1.03 bits per heavy atom. The van der Waals surface area contributed by atoms with Crippen molar-refractivity contribution in [2.75, 3.05) is 5.32 Å². The van der Waals surface area contributed by atoms with Gasteiger partial charge in [-0.1, -0.05) is 18.2 Å². The normalized spacial score (nSPS) is 11.8. The summed E-state index contributed by atoms with van der Waals surface area (Å²) in [5.41, 5.74) is 3.08. The van der Waals surface area contributed by atoms with Crippen molar-refractivity contribution in [3.63, 3.8) is 0 Å². The fraction of sp³-hybridized carbons (Fsp3) is 0.143. The molecule has 5 nitrogen and oxygen atoms in total.